The summed E-state index contributed by atoms with van der Waals surface area (Å²) in [5.74, 6) is 0.412. The molecule has 0 aliphatic rings. The minimum atomic E-state index is -0.0159. The second kappa shape index (κ2) is 8.50. The van der Waals surface area contributed by atoms with Crippen molar-refractivity contribution in [2.24, 2.45) is 11.7 Å². The van der Waals surface area contributed by atoms with E-state index in [1.807, 2.05) is 19.1 Å². The standard InChI is InChI=1S/C15H23ClN2O.ClH/c1-10(2)14(17)7-8-18(4)15(19)12-6-5-11(3)13(16)9-12;/h5-6,9-10,14H,7-8,17H2,1-4H3;1H. The van der Waals surface area contributed by atoms with Gasteiger partial charge in [-0.15, -0.1) is 12.4 Å². The van der Waals surface area contributed by atoms with Gasteiger partial charge in [0.25, 0.3) is 5.91 Å². The Labute approximate surface area is 132 Å². The molecule has 1 unspecified atom stereocenters. The number of halogens is 2. The van der Waals surface area contributed by atoms with Crippen molar-refractivity contribution in [1.82, 2.24) is 4.90 Å². The van der Waals surface area contributed by atoms with Gasteiger partial charge < -0.3 is 10.6 Å². The lowest BCUT2D eigenvalue weighted by atomic mass is 10.0. The molecule has 1 aromatic rings. The molecule has 0 saturated carbocycles. The van der Waals surface area contributed by atoms with Crippen LogP contribution in [0.2, 0.25) is 5.02 Å². The molecule has 2 N–H and O–H groups in total. The fraction of sp³-hybridized carbons (Fsp3) is 0.533. The average molecular weight is 319 g/mol. The minimum absolute atomic E-state index is 0. The molecule has 0 fully saturated rings. The van der Waals surface area contributed by atoms with E-state index in [1.54, 1.807) is 18.0 Å². The summed E-state index contributed by atoms with van der Waals surface area (Å²) in [6.07, 6.45) is 0.805. The summed E-state index contributed by atoms with van der Waals surface area (Å²) in [5.41, 5.74) is 7.58. The Hall–Kier alpha value is -0.770. The zero-order valence-corrected chi connectivity index (χ0v) is 14.1. The second-order valence-electron chi connectivity index (χ2n) is 5.39. The first-order chi connectivity index (χ1) is 8.82. The third-order valence-corrected chi connectivity index (χ3v) is 3.83. The van der Waals surface area contributed by atoms with Gasteiger partial charge in [-0.2, -0.15) is 0 Å². The molecule has 114 valence electrons. The van der Waals surface area contributed by atoms with Gasteiger partial charge in [-0.05, 0) is 37.0 Å². The number of nitrogens with two attached hydrogens (primary N) is 1. The van der Waals surface area contributed by atoms with Crippen LogP contribution in [0.3, 0.4) is 0 Å². The quantitative estimate of drug-likeness (QED) is 0.902. The molecular weight excluding hydrogens is 295 g/mol. The number of amides is 1. The number of nitrogens with zero attached hydrogens (tertiary/aromatic N) is 1. The second-order valence-corrected chi connectivity index (χ2v) is 5.79. The van der Waals surface area contributed by atoms with Gasteiger partial charge in [0.2, 0.25) is 0 Å². The van der Waals surface area contributed by atoms with Crippen LogP contribution in [0, 0.1) is 12.8 Å². The van der Waals surface area contributed by atoms with Gasteiger partial charge in [0.15, 0.2) is 0 Å². The molecule has 0 aromatic heterocycles. The Kier molecular flexibility index (Phi) is 8.17. The Balaban J connectivity index is 0.00000361. The topological polar surface area (TPSA) is 46.3 Å². The van der Waals surface area contributed by atoms with Crippen molar-refractivity contribution in [3.05, 3.63) is 34.3 Å². The molecule has 0 radical (unpaired) electrons. The molecule has 1 rings (SSSR count). The van der Waals surface area contributed by atoms with Gasteiger partial charge >= 0.3 is 0 Å². The van der Waals surface area contributed by atoms with Crippen molar-refractivity contribution >= 4 is 29.9 Å². The predicted octanol–water partition coefficient (Wildman–Crippen LogP) is 3.52. The molecule has 3 nitrogen and oxygen atoms in total. The van der Waals surface area contributed by atoms with Crippen LogP contribution in [0.1, 0.15) is 36.2 Å². The van der Waals surface area contributed by atoms with Crippen LogP contribution in [0.15, 0.2) is 18.2 Å². The van der Waals surface area contributed by atoms with Crippen LogP contribution in [0.25, 0.3) is 0 Å². The third-order valence-electron chi connectivity index (χ3n) is 3.42. The van der Waals surface area contributed by atoms with Crippen LogP contribution in [0.5, 0.6) is 0 Å². The molecule has 0 aliphatic carbocycles. The highest BCUT2D eigenvalue weighted by Gasteiger charge is 2.15. The summed E-state index contributed by atoms with van der Waals surface area (Å²) in [6.45, 7) is 6.75. The maximum absolute atomic E-state index is 12.2. The van der Waals surface area contributed by atoms with Crippen LogP contribution in [-0.2, 0) is 0 Å². The van der Waals surface area contributed by atoms with Gasteiger partial charge in [-0.1, -0.05) is 31.5 Å². The van der Waals surface area contributed by atoms with E-state index in [0.29, 0.717) is 23.0 Å². The Morgan fingerprint density at radius 2 is 2.00 bits per heavy atom. The zero-order chi connectivity index (χ0) is 14.6. The monoisotopic (exact) mass is 318 g/mol. The summed E-state index contributed by atoms with van der Waals surface area (Å²) >= 11 is 6.04. The van der Waals surface area contributed by atoms with Gasteiger partial charge in [0.05, 0.1) is 0 Å². The molecule has 1 aromatic carbocycles. The van der Waals surface area contributed by atoms with E-state index < -0.39 is 0 Å². The number of aryl methyl sites for hydroxylation is 1. The lowest BCUT2D eigenvalue weighted by Crippen LogP contribution is -2.34. The fourth-order valence-electron chi connectivity index (χ4n) is 1.72. The molecule has 0 spiro atoms. The maximum atomic E-state index is 12.2. The van der Waals surface area contributed by atoms with Crippen LogP contribution < -0.4 is 5.73 Å². The molecule has 1 amide bonds. The van der Waals surface area contributed by atoms with Crippen molar-refractivity contribution in [3.63, 3.8) is 0 Å². The highest BCUT2D eigenvalue weighted by molar-refractivity contribution is 6.31. The van der Waals surface area contributed by atoms with Crippen molar-refractivity contribution in [3.8, 4) is 0 Å². The summed E-state index contributed by atoms with van der Waals surface area (Å²) in [4.78, 5) is 13.9. The van der Waals surface area contributed by atoms with Crippen molar-refractivity contribution in [2.75, 3.05) is 13.6 Å². The van der Waals surface area contributed by atoms with Crippen LogP contribution in [0.4, 0.5) is 0 Å². The fourth-order valence-corrected chi connectivity index (χ4v) is 1.90. The van der Waals surface area contributed by atoms with E-state index in [9.17, 15) is 4.79 Å². The molecular formula is C15H24Cl2N2O. The summed E-state index contributed by atoms with van der Waals surface area (Å²) in [6, 6.07) is 5.51. The Bertz CT molecular complexity index is 449. The predicted molar refractivity (Wildman–Crippen MR) is 87.8 cm³/mol. The Morgan fingerprint density at radius 1 is 1.40 bits per heavy atom. The largest absolute Gasteiger partial charge is 0.342 e. The van der Waals surface area contributed by atoms with Crippen LogP contribution in [-0.4, -0.2) is 30.4 Å². The maximum Gasteiger partial charge on any atom is 0.253 e. The smallest absolute Gasteiger partial charge is 0.253 e. The molecule has 0 heterocycles. The van der Waals surface area contributed by atoms with Crippen LogP contribution >= 0.6 is 24.0 Å². The van der Waals surface area contributed by atoms with Gasteiger partial charge in [-0.25, -0.2) is 0 Å². The van der Waals surface area contributed by atoms with Gasteiger partial charge in [0, 0.05) is 30.2 Å². The normalized spacial score (nSPS) is 11.9. The average Bonchev–Trinajstić information content (AvgIpc) is 2.37. The molecule has 1 atom stereocenters. The number of rotatable bonds is 5. The van der Waals surface area contributed by atoms with Gasteiger partial charge in [-0.3, -0.25) is 4.79 Å². The highest BCUT2D eigenvalue weighted by Crippen LogP contribution is 2.17. The number of hydrogen-bond donors (Lipinski definition) is 1. The van der Waals surface area contributed by atoms with E-state index in [2.05, 4.69) is 13.8 Å². The first kappa shape index (κ1) is 19.2. The lowest BCUT2D eigenvalue weighted by molar-refractivity contribution is 0.0789. The molecule has 0 saturated heterocycles. The molecule has 5 heteroatoms. The van der Waals surface area contributed by atoms with Crippen molar-refractivity contribution in [1.29, 1.82) is 0 Å². The number of carbonyl (C=O) groups excluding carboxylic acids is 1. The highest BCUT2D eigenvalue weighted by atomic mass is 35.5. The van der Waals surface area contributed by atoms with E-state index in [-0.39, 0.29) is 24.4 Å². The van der Waals surface area contributed by atoms with E-state index in [1.165, 1.54) is 0 Å². The zero-order valence-electron chi connectivity index (χ0n) is 12.5. The molecule has 20 heavy (non-hydrogen) atoms. The molecule has 0 aliphatic heterocycles. The van der Waals surface area contributed by atoms with Gasteiger partial charge in [0.1, 0.15) is 0 Å². The number of benzene rings is 1. The number of hydrogen-bond acceptors (Lipinski definition) is 2. The van der Waals surface area contributed by atoms with Crippen molar-refractivity contribution < 1.29 is 4.79 Å². The first-order valence-electron chi connectivity index (χ1n) is 6.60. The summed E-state index contributed by atoms with van der Waals surface area (Å²) in [5, 5.41) is 0.623. The third kappa shape index (κ3) is 5.31. The van der Waals surface area contributed by atoms with Crippen molar-refractivity contribution in [2.45, 2.75) is 33.2 Å². The van der Waals surface area contributed by atoms with E-state index in [4.69, 9.17) is 17.3 Å². The van der Waals surface area contributed by atoms with E-state index >= 15 is 0 Å². The van der Waals surface area contributed by atoms with E-state index in [0.717, 1.165) is 12.0 Å². The first-order valence-corrected chi connectivity index (χ1v) is 6.98. The summed E-state index contributed by atoms with van der Waals surface area (Å²) < 4.78 is 0. The SMILES string of the molecule is Cc1ccc(C(=O)N(C)CCC(N)C(C)C)cc1Cl.Cl. The molecule has 0 bridgehead atoms. The summed E-state index contributed by atoms with van der Waals surface area (Å²) in [7, 11) is 1.79. The lowest BCUT2D eigenvalue weighted by Gasteiger charge is -2.21. The Morgan fingerprint density at radius 3 is 2.50 bits per heavy atom. The number of carbonyl (C=O) groups is 1. The minimum Gasteiger partial charge on any atom is -0.342 e.